The van der Waals surface area contributed by atoms with Crippen LogP contribution in [0, 0.1) is 12.8 Å². The minimum Gasteiger partial charge on any atom is -0.444 e. The molecule has 32 heavy (non-hydrogen) atoms. The summed E-state index contributed by atoms with van der Waals surface area (Å²) in [6, 6.07) is 6.52. The second-order valence-corrected chi connectivity index (χ2v) is 9.40. The van der Waals surface area contributed by atoms with Gasteiger partial charge in [-0.15, -0.1) is 24.0 Å². The van der Waals surface area contributed by atoms with E-state index in [1.807, 2.05) is 25.7 Å². The number of benzene rings is 1. The van der Waals surface area contributed by atoms with E-state index in [-0.39, 0.29) is 30.1 Å². The molecule has 2 aromatic rings. The van der Waals surface area contributed by atoms with Gasteiger partial charge in [0.25, 0.3) is 0 Å². The number of aromatic nitrogens is 1. The summed E-state index contributed by atoms with van der Waals surface area (Å²) >= 11 is 0. The van der Waals surface area contributed by atoms with Crippen LogP contribution in [0.1, 0.15) is 44.7 Å². The molecule has 0 spiro atoms. The Morgan fingerprint density at radius 3 is 2.62 bits per heavy atom. The molecule has 1 aliphatic rings. The number of carbonyl (C=O) groups excluding carboxylic acids is 1. The van der Waals surface area contributed by atoms with Crippen LogP contribution in [0.2, 0.25) is 0 Å². The van der Waals surface area contributed by atoms with Gasteiger partial charge in [-0.2, -0.15) is 0 Å². The second-order valence-electron chi connectivity index (χ2n) is 9.40. The van der Waals surface area contributed by atoms with Crippen molar-refractivity contribution in [2.75, 3.05) is 33.2 Å². The van der Waals surface area contributed by atoms with Crippen molar-refractivity contribution in [2.24, 2.45) is 10.9 Å². The molecule has 0 saturated carbocycles. The molecule has 178 valence electrons. The summed E-state index contributed by atoms with van der Waals surface area (Å²) in [4.78, 5) is 21.7. The Balaban J connectivity index is 0.00000363. The minimum absolute atomic E-state index is 0. The minimum atomic E-state index is -0.445. The van der Waals surface area contributed by atoms with Crippen LogP contribution < -0.4 is 10.6 Å². The first-order chi connectivity index (χ1) is 14.7. The van der Waals surface area contributed by atoms with Crippen molar-refractivity contribution < 1.29 is 9.53 Å². The monoisotopic (exact) mass is 555 g/mol. The van der Waals surface area contributed by atoms with Crippen molar-refractivity contribution in [1.82, 2.24) is 20.5 Å². The van der Waals surface area contributed by atoms with Crippen LogP contribution in [0.25, 0.3) is 10.9 Å². The van der Waals surface area contributed by atoms with E-state index < -0.39 is 5.60 Å². The fourth-order valence-electron chi connectivity index (χ4n) is 3.93. The molecule has 2 heterocycles. The molecule has 8 heteroatoms. The van der Waals surface area contributed by atoms with Gasteiger partial charge in [0.05, 0.1) is 0 Å². The topological polar surface area (TPSA) is 81.8 Å². The summed E-state index contributed by atoms with van der Waals surface area (Å²) in [6.07, 6.45) is 4.76. The van der Waals surface area contributed by atoms with Crippen molar-refractivity contribution in [3.05, 3.63) is 35.5 Å². The van der Waals surface area contributed by atoms with Crippen molar-refractivity contribution in [1.29, 1.82) is 0 Å². The molecule has 1 aromatic carbocycles. The van der Waals surface area contributed by atoms with Gasteiger partial charge in [0.2, 0.25) is 0 Å². The maximum Gasteiger partial charge on any atom is 0.410 e. The Morgan fingerprint density at radius 1 is 1.25 bits per heavy atom. The number of fused-ring (bicyclic) bond motifs is 1. The molecule has 1 aliphatic heterocycles. The van der Waals surface area contributed by atoms with Crippen LogP contribution in [0.15, 0.2) is 29.4 Å². The van der Waals surface area contributed by atoms with Crippen LogP contribution in [-0.2, 0) is 11.2 Å². The number of piperidine rings is 1. The van der Waals surface area contributed by atoms with Crippen LogP contribution >= 0.6 is 24.0 Å². The van der Waals surface area contributed by atoms with Crippen molar-refractivity contribution >= 4 is 46.9 Å². The number of nitrogens with one attached hydrogen (secondary N) is 3. The molecule has 3 rings (SSSR count). The number of rotatable bonds is 5. The number of guanidine groups is 1. The molecule has 1 saturated heterocycles. The number of likely N-dealkylation sites (tertiary alicyclic amines) is 1. The van der Waals surface area contributed by atoms with Gasteiger partial charge < -0.3 is 25.3 Å². The summed E-state index contributed by atoms with van der Waals surface area (Å²) in [5.41, 5.74) is 3.32. The molecule has 1 amide bonds. The molecule has 0 radical (unpaired) electrons. The lowest BCUT2D eigenvalue weighted by Gasteiger charge is -2.33. The SMILES string of the molecule is CN=C(NCCc1c[nH]c2cc(C)ccc12)NCC1CCN(C(=O)OC(C)(C)C)CC1.I. The first kappa shape index (κ1) is 26.3. The Bertz CT molecular complexity index is 911. The molecule has 0 atom stereocenters. The number of carbonyl (C=O) groups is 1. The Labute approximate surface area is 208 Å². The zero-order chi connectivity index (χ0) is 22.4. The van der Waals surface area contributed by atoms with Crippen molar-refractivity contribution in [2.45, 2.75) is 52.6 Å². The number of aryl methyl sites for hydroxylation is 1. The first-order valence-electron chi connectivity index (χ1n) is 11.2. The van der Waals surface area contributed by atoms with Crippen molar-refractivity contribution in [3.8, 4) is 0 Å². The van der Waals surface area contributed by atoms with E-state index in [1.165, 1.54) is 22.0 Å². The lowest BCUT2D eigenvalue weighted by molar-refractivity contribution is 0.0185. The average molecular weight is 556 g/mol. The van der Waals surface area contributed by atoms with E-state index in [1.54, 1.807) is 7.05 Å². The maximum absolute atomic E-state index is 12.2. The fourth-order valence-corrected chi connectivity index (χ4v) is 3.93. The van der Waals surface area contributed by atoms with E-state index in [0.29, 0.717) is 5.92 Å². The lowest BCUT2D eigenvalue weighted by Crippen LogP contribution is -2.45. The third-order valence-corrected chi connectivity index (χ3v) is 5.66. The molecule has 3 N–H and O–H groups in total. The molecule has 0 aliphatic carbocycles. The second kappa shape index (κ2) is 11.8. The molecule has 1 aromatic heterocycles. The van der Waals surface area contributed by atoms with Gasteiger partial charge in [0, 0.05) is 50.3 Å². The molecular formula is C24H38IN5O2. The Morgan fingerprint density at radius 2 is 1.97 bits per heavy atom. The highest BCUT2D eigenvalue weighted by atomic mass is 127. The van der Waals surface area contributed by atoms with E-state index in [2.05, 4.69) is 51.9 Å². The highest BCUT2D eigenvalue weighted by Gasteiger charge is 2.26. The normalized spacial score (nSPS) is 15.4. The van der Waals surface area contributed by atoms with Crippen LogP contribution in [0.4, 0.5) is 4.79 Å². The van der Waals surface area contributed by atoms with Crippen LogP contribution in [-0.4, -0.2) is 60.8 Å². The van der Waals surface area contributed by atoms with Gasteiger partial charge in [-0.3, -0.25) is 4.99 Å². The molecule has 7 nitrogen and oxygen atoms in total. The predicted molar refractivity (Wildman–Crippen MR) is 142 cm³/mol. The van der Waals surface area contributed by atoms with Crippen LogP contribution in [0.5, 0.6) is 0 Å². The van der Waals surface area contributed by atoms with Crippen LogP contribution in [0.3, 0.4) is 0 Å². The van der Waals surface area contributed by atoms with Gasteiger partial charge in [-0.05, 0) is 70.1 Å². The van der Waals surface area contributed by atoms with Gasteiger partial charge in [0.1, 0.15) is 5.60 Å². The fraction of sp³-hybridized carbons (Fsp3) is 0.583. The van der Waals surface area contributed by atoms with Gasteiger partial charge in [-0.1, -0.05) is 12.1 Å². The number of hydrogen-bond acceptors (Lipinski definition) is 3. The van der Waals surface area contributed by atoms with E-state index in [4.69, 9.17) is 4.74 Å². The number of ether oxygens (including phenoxy) is 1. The predicted octanol–water partition coefficient (Wildman–Crippen LogP) is 4.45. The Kier molecular flexibility index (Phi) is 9.66. The number of aromatic amines is 1. The smallest absolute Gasteiger partial charge is 0.410 e. The van der Waals surface area contributed by atoms with Gasteiger partial charge in [-0.25, -0.2) is 4.79 Å². The van der Waals surface area contributed by atoms with Gasteiger partial charge >= 0.3 is 6.09 Å². The maximum atomic E-state index is 12.2. The van der Waals surface area contributed by atoms with Crippen molar-refractivity contribution in [3.63, 3.8) is 0 Å². The lowest BCUT2D eigenvalue weighted by atomic mass is 9.97. The Hall–Kier alpha value is -1.97. The number of hydrogen-bond donors (Lipinski definition) is 3. The highest BCUT2D eigenvalue weighted by Crippen LogP contribution is 2.20. The number of nitrogens with zero attached hydrogens (tertiary/aromatic N) is 2. The number of H-pyrrole nitrogens is 1. The zero-order valence-electron chi connectivity index (χ0n) is 20.0. The molecule has 0 bridgehead atoms. The highest BCUT2D eigenvalue weighted by molar-refractivity contribution is 14.0. The number of amides is 1. The van der Waals surface area contributed by atoms with Gasteiger partial charge in [0.15, 0.2) is 5.96 Å². The summed E-state index contributed by atoms with van der Waals surface area (Å²) in [7, 11) is 1.80. The van der Waals surface area contributed by atoms with E-state index in [0.717, 1.165) is 51.4 Å². The molecular weight excluding hydrogens is 517 g/mol. The van der Waals surface area contributed by atoms with E-state index >= 15 is 0 Å². The standard InChI is InChI=1S/C24H37N5O2.HI/c1-17-6-7-20-19(16-27-21(20)14-17)8-11-26-22(25-5)28-15-18-9-12-29(13-10-18)23(30)31-24(2,3)4;/h6-7,14,16,18,27H,8-13,15H2,1-5H3,(H2,25,26,28);1H. The average Bonchev–Trinajstić information content (AvgIpc) is 3.11. The number of aliphatic imine (C=N–C) groups is 1. The first-order valence-corrected chi connectivity index (χ1v) is 11.2. The summed E-state index contributed by atoms with van der Waals surface area (Å²) < 4.78 is 5.48. The quantitative estimate of drug-likeness (QED) is 0.290. The number of halogens is 1. The third-order valence-electron chi connectivity index (χ3n) is 5.66. The summed E-state index contributed by atoms with van der Waals surface area (Å²) in [6.45, 7) is 11.0. The zero-order valence-corrected chi connectivity index (χ0v) is 22.3. The third kappa shape index (κ3) is 7.56. The van der Waals surface area contributed by atoms with E-state index in [9.17, 15) is 4.79 Å². The largest absolute Gasteiger partial charge is 0.444 e. The molecule has 0 unspecified atom stereocenters. The molecule has 1 fully saturated rings. The summed E-state index contributed by atoms with van der Waals surface area (Å²) in [5.74, 6) is 1.35. The summed E-state index contributed by atoms with van der Waals surface area (Å²) in [5, 5.41) is 8.14.